The predicted molar refractivity (Wildman–Crippen MR) is 123 cm³/mol. The number of rotatable bonds is 8. The summed E-state index contributed by atoms with van der Waals surface area (Å²) in [6.45, 7) is 10.4. The van der Waals surface area contributed by atoms with Gasteiger partial charge in [0, 0.05) is 52.9 Å². The van der Waals surface area contributed by atoms with Crippen molar-refractivity contribution < 1.29 is 14.3 Å². The minimum Gasteiger partial charge on any atom is -0.494 e. The molecule has 2 fully saturated rings. The van der Waals surface area contributed by atoms with E-state index in [0.717, 1.165) is 63.9 Å². The first-order chi connectivity index (χ1) is 15.2. The van der Waals surface area contributed by atoms with Crippen molar-refractivity contribution in [2.24, 2.45) is 4.99 Å². The van der Waals surface area contributed by atoms with Crippen LogP contribution in [0.5, 0.6) is 5.75 Å². The zero-order chi connectivity index (χ0) is 21.9. The Labute approximate surface area is 186 Å². The highest BCUT2D eigenvalue weighted by Gasteiger charge is 2.24. The van der Waals surface area contributed by atoms with Crippen molar-refractivity contribution >= 4 is 11.9 Å². The van der Waals surface area contributed by atoms with Gasteiger partial charge in [0.1, 0.15) is 5.75 Å². The maximum Gasteiger partial charge on any atom is 0.236 e. The lowest BCUT2D eigenvalue weighted by atomic mass is 10.1. The van der Waals surface area contributed by atoms with Gasteiger partial charge in [-0.1, -0.05) is 19.1 Å². The first kappa shape index (κ1) is 23.3. The van der Waals surface area contributed by atoms with Crippen LogP contribution in [0.25, 0.3) is 0 Å². The second-order valence-corrected chi connectivity index (χ2v) is 7.98. The van der Waals surface area contributed by atoms with E-state index in [-0.39, 0.29) is 5.91 Å². The molecule has 1 aromatic rings. The molecule has 8 heteroatoms. The van der Waals surface area contributed by atoms with E-state index in [0.29, 0.717) is 32.8 Å². The monoisotopic (exact) mass is 431 g/mol. The van der Waals surface area contributed by atoms with E-state index in [1.54, 1.807) is 0 Å². The Kier molecular flexibility index (Phi) is 9.42. The smallest absolute Gasteiger partial charge is 0.236 e. The van der Waals surface area contributed by atoms with Crippen LogP contribution in [-0.4, -0.2) is 106 Å². The molecule has 2 heterocycles. The number of ether oxygens (including phenoxy) is 2. The Morgan fingerprint density at radius 3 is 2.61 bits per heavy atom. The molecule has 2 aliphatic rings. The average molecular weight is 432 g/mol. The maximum absolute atomic E-state index is 12.5. The Morgan fingerprint density at radius 1 is 1.13 bits per heavy atom. The molecule has 0 radical (unpaired) electrons. The van der Waals surface area contributed by atoms with Crippen molar-refractivity contribution in [2.45, 2.75) is 19.8 Å². The molecule has 172 valence electrons. The molecule has 1 amide bonds. The first-order valence-electron chi connectivity index (χ1n) is 11.4. The fourth-order valence-electron chi connectivity index (χ4n) is 3.88. The summed E-state index contributed by atoms with van der Waals surface area (Å²) in [4.78, 5) is 23.4. The molecular weight excluding hydrogens is 394 g/mol. The summed E-state index contributed by atoms with van der Waals surface area (Å²) >= 11 is 0. The van der Waals surface area contributed by atoms with E-state index in [9.17, 15) is 4.79 Å². The summed E-state index contributed by atoms with van der Waals surface area (Å²) in [6, 6.07) is 8.30. The van der Waals surface area contributed by atoms with E-state index in [4.69, 9.17) is 9.47 Å². The molecule has 8 nitrogen and oxygen atoms in total. The van der Waals surface area contributed by atoms with Gasteiger partial charge < -0.3 is 24.6 Å². The summed E-state index contributed by atoms with van der Waals surface area (Å²) in [5, 5.41) is 3.49. The quantitative estimate of drug-likeness (QED) is 0.491. The minimum absolute atomic E-state index is 0.212. The number of nitrogens with zero attached hydrogens (tertiary/aromatic N) is 4. The first-order valence-corrected chi connectivity index (χ1v) is 11.4. The van der Waals surface area contributed by atoms with Crippen LogP contribution in [0.1, 0.15) is 18.9 Å². The van der Waals surface area contributed by atoms with Gasteiger partial charge >= 0.3 is 0 Å². The largest absolute Gasteiger partial charge is 0.494 e. The molecule has 1 N–H and O–H groups in total. The summed E-state index contributed by atoms with van der Waals surface area (Å²) < 4.78 is 11.1. The molecule has 0 spiro atoms. The number of aliphatic imine (C=N–C) groups is 1. The fourth-order valence-corrected chi connectivity index (χ4v) is 3.88. The SMILES string of the molecule is CCCOc1cccc(CCNC(=NC)N2CCN(CC(=O)N3CCOCC3)CC2)c1. The molecule has 0 bridgehead atoms. The molecule has 2 saturated heterocycles. The molecule has 0 saturated carbocycles. The standard InChI is InChI=1S/C23H37N5O3/c1-3-15-31-21-6-4-5-20(18-21)7-8-25-23(24-2)28-11-9-26(10-12-28)19-22(29)27-13-16-30-17-14-27/h4-6,18H,3,7-17,19H2,1-2H3,(H,24,25). The molecule has 0 aliphatic carbocycles. The van der Waals surface area contributed by atoms with Crippen LogP contribution >= 0.6 is 0 Å². The van der Waals surface area contributed by atoms with Gasteiger partial charge in [-0.15, -0.1) is 0 Å². The Hall–Kier alpha value is -2.32. The number of morpholine rings is 1. The number of carbonyl (C=O) groups excluding carboxylic acids is 1. The lowest BCUT2D eigenvalue weighted by Gasteiger charge is -2.37. The van der Waals surface area contributed by atoms with Crippen molar-refractivity contribution in [1.82, 2.24) is 20.0 Å². The van der Waals surface area contributed by atoms with Crippen molar-refractivity contribution in [3.05, 3.63) is 29.8 Å². The van der Waals surface area contributed by atoms with Crippen molar-refractivity contribution in [1.29, 1.82) is 0 Å². The summed E-state index contributed by atoms with van der Waals surface area (Å²) in [6.07, 6.45) is 1.92. The number of amides is 1. The van der Waals surface area contributed by atoms with Crippen LogP contribution < -0.4 is 10.1 Å². The van der Waals surface area contributed by atoms with E-state index >= 15 is 0 Å². The van der Waals surface area contributed by atoms with Crippen LogP contribution in [0.3, 0.4) is 0 Å². The van der Waals surface area contributed by atoms with Gasteiger partial charge in [0.2, 0.25) is 5.91 Å². The molecule has 1 aromatic carbocycles. The van der Waals surface area contributed by atoms with Crippen LogP contribution in [0.2, 0.25) is 0 Å². The lowest BCUT2D eigenvalue weighted by molar-refractivity contribution is -0.136. The third kappa shape index (κ3) is 7.40. The average Bonchev–Trinajstić information content (AvgIpc) is 2.82. The molecule has 0 atom stereocenters. The number of guanidine groups is 1. The lowest BCUT2D eigenvalue weighted by Crippen LogP contribution is -2.55. The summed E-state index contributed by atoms with van der Waals surface area (Å²) in [5.41, 5.74) is 1.25. The Balaban J connectivity index is 1.38. The predicted octanol–water partition coefficient (Wildman–Crippen LogP) is 1.07. The second-order valence-electron chi connectivity index (χ2n) is 7.98. The number of nitrogens with one attached hydrogen (secondary N) is 1. The highest BCUT2D eigenvalue weighted by Crippen LogP contribution is 2.14. The zero-order valence-electron chi connectivity index (χ0n) is 19.0. The van der Waals surface area contributed by atoms with Gasteiger partial charge in [0.05, 0.1) is 26.4 Å². The van der Waals surface area contributed by atoms with E-state index < -0.39 is 0 Å². The van der Waals surface area contributed by atoms with Crippen molar-refractivity contribution in [3.8, 4) is 5.75 Å². The van der Waals surface area contributed by atoms with Crippen LogP contribution in [0, 0.1) is 0 Å². The molecule has 0 unspecified atom stereocenters. The maximum atomic E-state index is 12.5. The molecular formula is C23H37N5O3. The molecule has 2 aliphatic heterocycles. The second kappa shape index (κ2) is 12.5. The number of hydrogen-bond acceptors (Lipinski definition) is 5. The zero-order valence-corrected chi connectivity index (χ0v) is 19.0. The van der Waals surface area contributed by atoms with E-state index in [1.165, 1.54) is 5.56 Å². The van der Waals surface area contributed by atoms with Crippen LogP contribution in [0.15, 0.2) is 29.3 Å². The van der Waals surface area contributed by atoms with Gasteiger partial charge in [-0.05, 0) is 30.5 Å². The fraction of sp³-hybridized carbons (Fsp3) is 0.652. The number of hydrogen-bond donors (Lipinski definition) is 1. The number of piperazine rings is 1. The van der Waals surface area contributed by atoms with Gasteiger partial charge in [0.25, 0.3) is 0 Å². The van der Waals surface area contributed by atoms with Crippen molar-refractivity contribution in [2.75, 3.05) is 79.2 Å². The van der Waals surface area contributed by atoms with Gasteiger partial charge in [-0.3, -0.25) is 14.7 Å². The van der Waals surface area contributed by atoms with Gasteiger partial charge in [0.15, 0.2) is 5.96 Å². The van der Waals surface area contributed by atoms with Gasteiger partial charge in [-0.2, -0.15) is 0 Å². The molecule has 0 aromatic heterocycles. The normalized spacial score (nSPS) is 18.2. The third-order valence-electron chi connectivity index (χ3n) is 5.67. The molecule has 3 rings (SSSR count). The molecule has 31 heavy (non-hydrogen) atoms. The topological polar surface area (TPSA) is 69.6 Å². The van der Waals surface area contributed by atoms with Crippen LogP contribution in [-0.2, 0) is 16.0 Å². The highest BCUT2D eigenvalue weighted by atomic mass is 16.5. The van der Waals surface area contributed by atoms with Crippen LogP contribution in [0.4, 0.5) is 0 Å². The summed E-state index contributed by atoms with van der Waals surface area (Å²) in [5.74, 6) is 2.08. The van der Waals surface area contributed by atoms with Gasteiger partial charge in [-0.25, -0.2) is 0 Å². The third-order valence-corrected chi connectivity index (χ3v) is 5.67. The van der Waals surface area contributed by atoms with E-state index in [2.05, 4.69) is 39.2 Å². The Morgan fingerprint density at radius 2 is 1.90 bits per heavy atom. The van der Waals surface area contributed by atoms with Crippen molar-refractivity contribution in [3.63, 3.8) is 0 Å². The number of carbonyl (C=O) groups is 1. The van der Waals surface area contributed by atoms with E-state index in [1.807, 2.05) is 24.1 Å². The highest BCUT2D eigenvalue weighted by molar-refractivity contribution is 5.80. The Bertz CT molecular complexity index is 713. The minimum atomic E-state index is 0.212. The number of benzene rings is 1. The summed E-state index contributed by atoms with van der Waals surface area (Å²) in [7, 11) is 1.83.